The maximum Gasteiger partial charge on any atom is 0.490 e. The monoisotopic (exact) mass is 671 g/mol. The van der Waals surface area contributed by atoms with Crippen LogP contribution in [0.5, 0.6) is 5.75 Å². The van der Waals surface area contributed by atoms with Gasteiger partial charge in [-0.25, -0.2) is 9.79 Å². The van der Waals surface area contributed by atoms with E-state index in [0.717, 1.165) is 5.56 Å². The summed E-state index contributed by atoms with van der Waals surface area (Å²) in [5, 5.41) is 9.99. The molecule has 16 heteroatoms. The fourth-order valence-corrected chi connectivity index (χ4v) is 6.30. The Hall–Kier alpha value is -4.37. The molecule has 0 spiro atoms. The van der Waals surface area contributed by atoms with E-state index in [1.54, 1.807) is 36.7 Å². The van der Waals surface area contributed by atoms with Gasteiger partial charge >= 0.3 is 18.3 Å². The molecule has 2 aromatic rings. The molecule has 4 unspecified atom stereocenters. The molecule has 6 atom stereocenters. The maximum atomic E-state index is 13.6. The van der Waals surface area contributed by atoms with Crippen LogP contribution in [0.25, 0.3) is 0 Å². The number of aromatic nitrogens is 1. The first-order valence-electron chi connectivity index (χ1n) is 14.9. The fourth-order valence-electron chi connectivity index (χ4n) is 6.30. The highest BCUT2D eigenvalue weighted by molar-refractivity contribution is 6.00. The van der Waals surface area contributed by atoms with Crippen molar-refractivity contribution in [3.05, 3.63) is 59.9 Å². The number of nitrogens with two attached hydrogens (primary N) is 1. The summed E-state index contributed by atoms with van der Waals surface area (Å²) in [6.45, 7) is 5.85. The van der Waals surface area contributed by atoms with Crippen molar-refractivity contribution in [3.8, 4) is 5.75 Å². The number of amides is 2. The molecule has 1 saturated carbocycles. The standard InChI is InChI=1S/C29H34F3N5O3.C2HF3O2/c1-4-28(5-2)14-22(38)37(27(33)36-28)25(17-9-8-12-34-15-17)23-16(3)24(23)26(39)35-19-13-21(29(30,31)32)40-20-11-7-6-10-18(19)20;3-2(4,5)1(6)7/h6-12,15-16,19,21,23-25H,4-5,13-14H2,1-3H3,(H2,33,36)(H,35,39);(H,6,7)/t16?,19-,21+,23?,24?,25?;/m0./s1. The van der Waals surface area contributed by atoms with Crippen LogP contribution in [0.1, 0.15) is 69.7 Å². The van der Waals surface area contributed by atoms with Gasteiger partial charge in [0.25, 0.3) is 0 Å². The van der Waals surface area contributed by atoms with E-state index in [-0.39, 0.29) is 41.8 Å². The lowest BCUT2D eigenvalue weighted by molar-refractivity contribution is -0.201. The molecule has 1 aromatic heterocycles. The fraction of sp³-hybridized carbons (Fsp3) is 0.516. The van der Waals surface area contributed by atoms with Crippen LogP contribution in [-0.2, 0) is 14.4 Å². The van der Waals surface area contributed by atoms with Crippen molar-refractivity contribution < 1.29 is 50.6 Å². The van der Waals surface area contributed by atoms with E-state index in [0.29, 0.717) is 18.4 Å². The third-order valence-electron chi connectivity index (χ3n) is 9.02. The van der Waals surface area contributed by atoms with Crippen molar-refractivity contribution >= 4 is 23.7 Å². The predicted molar refractivity (Wildman–Crippen MR) is 156 cm³/mol. The molecular formula is C31H35F6N5O5. The largest absolute Gasteiger partial charge is 0.490 e. The Balaban J connectivity index is 0.000000644. The Bertz CT molecular complexity index is 1500. The molecule has 47 heavy (non-hydrogen) atoms. The van der Waals surface area contributed by atoms with Gasteiger partial charge in [0.1, 0.15) is 5.75 Å². The molecule has 0 bridgehead atoms. The quantitative estimate of drug-likeness (QED) is 0.338. The number of halogens is 6. The number of carbonyl (C=O) groups is 3. The lowest BCUT2D eigenvalue weighted by Crippen LogP contribution is -2.53. The molecule has 1 fully saturated rings. The number of benzene rings is 1. The highest BCUT2D eigenvalue weighted by Crippen LogP contribution is 2.56. The summed E-state index contributed by atoms with van der Waals surface area (Å²) < 4.78 is 77.8. The van der Waals surface area contributed by atoms with Crippen LogP contribution in [0.3, 0.4) is 0 Å². The van der Waals surface area contributed by atoms with Crippen molar-refractivity contribution in [1.29, 1.82) is 0 Å². The van der Waals surface area contributed by atoms with Gasteiger partial charge in [-0.2, -0.15) is 26.3 Å². The second-order valence-corrected chi connectivity index (χ2v) is 11.8. The second-order valence-electron chi connectivity index (χ2n) is 11.8. The number of pyridine rings is 1. The first-order valence-corrected chi connectivity index (χ1v) is 14.9. The Labute approximate surface area is 266 Å². The van der Waals surface area contributed by atoms with E-state index in [1.807, 2.05) is 26.8 Å². The van der Waals surface area contributed by atoms with Crippen LogP contribution < -0.4 is 15.8 Å². The van der Waals surface area contributed by atoms with E-state index in [9.17, 15) is 35.9 Å². The summed E-state index contributed by atoms with van der Waals surface area (Å²) in [7, 11) is 0. The highest BCUT2D eigenvalue weighted by atomic mass is 19.4. The number of ether oxygens (including phenoxy) is 1. The van der Waals surface area contributed by atoms with Crippen LogP contribution in [0.4, 0.5) is 26.3 Å². The SMILES string of the molecule is CCC1(CC)CC(=O)N(C(c2cccnc2)C2C(C)C2C(=O)N[C@H]2C[C@H](C(F)(F)F)Oc3ccccc32)C(N)=N1.O=C(O)C(F)(F)F. The van der Waals surface area contributed by atoms with Crippen molar-refractivity contribution in [3.63, 3.8) is 0 Å². The Kier molecular flexibility index (Phi) is 10.1. The zero-order valence-corrected chi connectivity index (χ0v) is 25.7. The first kappa shape index (κ1) is 35.5. The molecule has 3 aliphatic rings. The number of fused-ring (bicyclic) bond motifs is 1. The van der Waals surface area contributed by atoms with Crippen molar-refractivity contribution in [2.75, 3.05) is 0 Å². The number of aliphatic imine (C=N–C) groups is 1. The van der Waals surface area contributed by atoms with Gasteiger partial charge in [0.2, 0.25) is 11.8 Å². The molecule has 1 aromatic carbocycles. The van der Waals surface area contributed by atoms with Crippen LogP contribution in [0.2, 0.25) is 0 Å². The van der Waals surface area contributed by atoms with Crippen molar-refractivity contribution in [2.45, 2.75) is 82.5 Å². The van der Waals surface area contributed by atoms with Crippen LogP contribution >= 0.6 is 0 Å². The number of alkyl halides is 6. The zero-order chi connectivity index (χ0) is 34.9. The van der Waals surface area contributed by atoms with Gasteiger partial charge in [-0.1, -0.05) is 45.0 Å². The lowest BCUT2D eigenvalue weighted by Gasteiger charge is -2.40. The number of aliphatic carboxylic acids is 1. The average Bonchev–Trinajstić information content (AvgIpc) is 3.68. The Morgan fingerprint density at radius 2 is 1.77 bits per heavy atom. The number of nitrogens with zero attached hydrogens (tertiary/aromatic N) is 3. The van der Waals surface area contributed by atoms with Gasteiger partial charge < -0.3 is 20.9 Å². The third kappa shape index (κ3) is 7.62. The number of guanidine groups is 1. The summed E-state index contributed by atoms with van der Waals surface area (Å²) in [4.78, 5) is 46.5. The van der Waals surface area contributed by atoms with Gasteiger partial charge in [-0.3, -0.25) is 19.5 Å². The summed E-state index contributed by atoms with van der Waals surface area (Å²) >= 11 is 0. The molecule has 2 amide bonds. The number of carboxylic acids is 1. The van der Waals surface area contributed by atoms with Crippen LogP contribution in [0.15, 0.2) is 53.8 Å². The number of carboxylic acid groups (broad SMARTS) is 1. The molecule has 0 radical (unpaired) electrons. The summed E-state index contributed by atoms with van der Waals surface area (Å²) in [6, 6.07) is 8.57. The second kappa shape index (κ2) is 13.4. The van der Waals surface area contributed by atoms with Gasteiger partial charge in [-0.05, 0) is 42.4 Å². The topological polar surface area (TPSA) is 147 Å². The normalized spacial score (nSPS) is 25.6. The minimum absolute atomic E-state index is 0.105. The number of rotatable bonds is 7. The number of para-hydroxylation sites is 1. The van der Waals surface area contributed by atoms with Gasteiger partial charge in [0, 0.05) is 30.3 Å². The minimum atomic E-state index is -5.08. The van der Waals surface area contributed by atoms with Crippen molar-refractivity contribution in [1.82, 2.24) is 15.2 Å². The van der Waals surface area contributed by atoms with E-state index < -0.39 is 54.4 Å². The summed E-state index contributed by atoms with van der Waals surface area (Å²) in [5.74, 6) is -4.12. The highest BCUT2D eigenvalue weighted by Gasteiger charge is 2.59. The number of nitrogens with one attached hydrogen (secondary N) is 1. The third-order valence-corrected chi connectivity index (χ3v) is 9.02. The number of hydrogen-bond donors (Lipinski definition) is 3. The van der Waals surface area contributed by atoms with E-state index in [4.69, 9.17) is 25.4 Å². The molecule has 1 aliphatic carbocycles. The van der Waals surface area contributed by atoms with E-state index in [1.165, 1.54) is 11.0 Å². The zero-order valence-electron chi connectivity index (χ0n) is 25.7. The molecule has 4 N–H and O–H groups in total. The lowest BCUT2D eigenvalue weighted by atomic mass is 9.87. The van der Waals surface area contributed by atoms with Gasteiger partial charge in [0.15, 0.2) is 12.1 Å². The maximum absolute atomic E-state index is 13.6. The average molecular weight is 672 g/mol. The molecule has 10 nitrogen and oxygen atoms in total. The van der Waals surface area contributed by atoms with Crippen LogP contribution in [0, 0.1) is 17.8 Å². The number of hydrogen-bond acceptors (Lipinski definition) is 7. The molecule has 256 valence electrons. The predicted octanol–water partition coefficient (Wildman–Crippen LogP) is 5.31. The molecule has 5 rings (SSSR count). The summed E-state index contributed by atoms with van der Waals surface area (Å²) in [5.41, 5.74) is 7.10. The Morgan fingerprint density at radius 3 is 2.30 bits per heavy atom. The number of carbonyl (C=O) groups excluding carboxylic acids is 2. The van der Waals surface area contributed by atoms with E-state index >= 15 is 0 Å². The van der Waals surface area contributed by atoms with Crippen molar-refractivity contribution in [2.24, 2.45) is 28.5 Å². The first-order chi connectivity index (χ1) is 21.9. The van der Waals surface area contributed by atoms with Gasteiger partial charge in [0.05, 0.1) is 24.0 Å². The molecule has 2 aliphatic heterocycles. The smallest absolute Gasteiger partial charge is 0.480 e. The summed E-state index contributed by atoms with van der Waals surface area (Å²) in [6.07, 6.45) is -7.31. The minimum Gasteiger partial charge on any atom is -0.480 e. The van der Waals surface area contributed by atoms with Gasteiger partial charge in [-0.15, -0.1) is 0 Å². The Morgan fingerprint density at radius 1 is 1.13 bits per heavy atom. The molecule has 3 heterocycles. The molecule has 0 saturated heterocycles. The molecular weight excluding hydrogens is 636 g/mol. The van der Waals surface area contributed by atoms with Crippen LogP contribution in [-0.4, -0.2) is 62.7 Å². The van der Waals surface area contributed by atoms with E-state index in [2.05, 4.69) is 10.3 Å².